The van der Waals surface area contributed by atoms with Crippen LogP contribution >= 0.6 is 0 Å². The van der Waals surface area contributed by atoms with E-state index in [1.807, 2.05) is 12.4 Å². The summed E-state index contributed by atoms with van der Waals surface area (Å²) in [6.45, 7) is 0. The fraction of sp³-hybridized carbons (Fsp3) is 0.692. The molecule has 0 atom stereocenters. The van der Waals surface area contributed by atoms with Gasteiger partial charge in [0, 0.05) is 18.3 Å². The van der Waals surface area contributed by atoms with Crippen molar-refractivity contribution < 1.29 is 4.74 Å². The fourth-order valence-electron chi connectivity index (χ4n) is 2.45. The topological polar surface area (TPSA) is 21.3 Å². The second-order valence-electron chi connectivity index (χ2n) is 4.53. The van der Waals surface area contributed by atoms with Crippen LogP contribution in [0.3, 0.4) is 0 Å². The minimum Gasteiger partial charge on any atom is -0.466 e. The maximum atomic E-state index is 5.57. The predicted molar refractivity (Wildman–Crippen MR) is 61.9 cm³/mol. The van der Waals surface area contributed by atoms with E-state index in [4.69, 9.17) is 4.74 Å². The van der Waals surface area contributed by atoms with Crippen molar-refractivity contribution in [3.8, 4) is 0 Å². The zero-order chi connectivity index (χ0) is 10.3. The normalized spacial score (nSPS) is 24.1. The molecule has 1 heterocycles. The quantitative estimate of drug-likeness (QED) is 0.708. The standard InChI is InChI=1S/C13H21NO/c1-2-4-6-8-12(7-5-3-1)13-11-14-9-10-15-13/h9-12,14H,1-8H2. The van der Waals surface area contributed by atoms with Gasteiger partial charge < -0.3 is 10.1 Å². The van der Waals surface area contributed by atoms with Gasteiger partial charge >= 0.3 is 0 Å². The van der Waals surface area contributed by atoms with Crippen molar-refractivity contribution in [3.05, 3.63) is 24.4 Å². The lowest BCUT2D eigenvalue weighted by Gasteiger charge is -2.20. The van der Waals surface area contributed by atoms with Gasteiger partial charge in [-0.25, -0.2) is 0 Å². The van der Waals surface area contributed by atoms with Gasteiger partial charge in [0.2, 0.25) is 0 Å². The molecule has 0 aromatic heterocycles. The fourth-order valence-corrected chi connectivity index (χ4v) is 2.45. The number of hydrogen-bond donors (Lipinski definition) is 1. The van der Waals surface area contributed by atoms with Gasteiger partial charge in [-0.3, -0.25) is 0 Å². The first-order chi connectivity index (χ1) is 7.47. The highest BCUT2D eigenvalue weighted by atomic mass is 16.5. The molecule has 0 unspecified atom stereocenters. The van der Waals surface area contributed by atoms with Gasteiger partial charge in [0.1, 0.15) is 12.0 Å². The minimum atomic E-state index is 0.639. The summed E-state index contributed by atoms with van der Waals surface area (Å²) in [5, 5.41) is 3.12. The van der Waals surface area contributed by atoms with Gasteiger partial charge in [0.25, 0.3) is 0 Å². The van der Waals surface area contributed by atoms with E-state index in [0.717, 1.165) is 5.76 Å². The Labute approximate surface area is 92.4 Å². The van der Waals surface area contributed by atoms with E-state index >= 15 is 0 Å². The third kappa shape index (κ3) is 3.29. The van der Waals surface area contributed by atoms with E-state index in [1.165, 1.54) is 51.4 Å². The van der Waals surface area contributed by atoms with Crippen LogP contribution in [0.25, 0.3) is 0 Å². The molecular formula is C13H21NO. The molecular weight excluding hydrogens is 186 g/mol. The first kappa shape index (κ1) is 10.6. The van der Waals surface area contributed by atoms with Crippen molar-refractivity contribution in [2.75, 3.05) is 0 Å². The molecule has 0 saturated heterocycles. The highest BCUT2D eigenvalue weighted by Crippen LogP contribution is 2.28. The Morgan fingerprint density at radius 2 is 1.67 bits per heavy atom. The third-order valence-electron chi connectivity index (χ3n) is 3.35. The van der Waals surface area contributed by atoms with Crippen LogP contribution in [-0.2, 0) is 4.74 Å². The monoisotopic (exact) mass is 207 g/mol. The van der Waals surface area contributed by atoms with Gasteiger partial charge in [-0.1, -0.05) is 38.5 Å². The lowest BCUT2D eigenvalue weighted by atomic mass is 9.95. The molecule has 1 fully saturated rings. The maximum absolute atomic E-state index is 5.57. The average Bonchev–Trinajstić information content (AvgIpc) is 2.43. The van der Waals surface area contributed by atoms with Crippen LogP contribution in [0.15, 0.2) is 24.4 Å². The smallest absolute Gasteiger partial charge is 0.122 e. The number of hydrogen-bond acceptors (Lipinski definition) is 2. The van der Waals surface area contributed by atoms with E-state index in [9.17, 15) is 0 Å². The van der Waals surface area contributed by atoms with Gasteiger partial charge in [-0.2, -0.15) is 0 Å². The highest BCUT2D eigenvalue weighted by molar-refractivity contribution is 5.04. The second kappa shape index (κ2) is 5.84. The Hall–Kier alpha value is -0.920. The van der Waals surface area contributed by atoms with Crippen molar-refractivity contribution in [2.24, 2.45) is 5.92 Å². The molecule has 1 saturated carbocycles. The molecule has 2 heteroatoms. The average molecular weight is 207 g/mol. The number of nitrogens with one attached hydrogen (secondary N) is 1. The molecule has 15 heavy (non-hydrogen) atoms. The van der Waals surface area contributed by atoms with Gasteiger partial charge in [0.15, 0.2) is 0 Å². The van der Waals surface area contributed by atoms with E-state index in [2.05, 4.69) is 5.32 Å². The van der Waals surface area contributed by atoms with Crippen LogP contribution in [-0.4, -0.2) is 0 Å². The molecule has 0 aromatic carbocycles. The lowest BCUT2D eigenvalue weighted by molar-refractivity contribution is 0.258. The van der Waals surface area contributed by atoms with E-state index < -0.39 is 0 Å². The summed E-state index contributed by atoms with van der Waals surface area (Å²) in [6.07, 6.45) is 16.5. The van der Waals surface area contributed by atoms with Crippen molar-refractivity contribution in [3.63, 3.8) is 0 Å². The molecule has 2 aliphatic rings. The molecule has 1 N–H and O–H groups in total. The van der Waals surface area contributed by atoms with Crippen LogP contribution in [0.4, 0.5) is 0 Å². The van der Waals surface area contributed by atoms with Crippen molar-refractivity contribution in [1.82, 2.24) is 5.32 Å². The summed E-state index contributed by atoms with van der Waals surface area (Å²) in [5.41, 5.74) is 0. The van der Waals surface area contributed by atoms with Crippen LogP contribution < -0.4 is 5.32 Å². The Morgan fingerprint density at radius 1 is 1.00 bits per heavy atom. The van der Waals surface area contributed by atoms with Crippen LogP contribution in [0.5, 0.6) is 0 Å². The molecule has 0 radical (unpaired) electrons. The van der Waals surface area contributed by atoms with Crippen molar-refractivity contribution in [2.45, 2.75) is 51.4 Å². The SMILES string of the molecule is C1=COC(C2CCCCCCCC2)=CN1. The summed E-state index contributed by atoms with van der Waals surface area (Å²) in [4.78, 5) is 0. The third-order valence-corrected chi connectivity index (χ3v) is 3.35. The molecule has 0 spiro atoms. The first-order valence-corrected chi connectivity index (χ1v) is 6.24. The zero-order valence-corrected chi connectivity index (χ0v) is 9.37. The Bertz CT molecular complexity index is 235. The highest BCUT2D eigenvalue weighted by Gasteiger charge is 2.17. The Kier molecular flexibility index (Phi) is 4.12. The first-order valence-electron chi connectivity index (χ1n) is 6.24. The van der Waals surface area contributed by atoms with Gasteiger partial charge in [-0.15, -0.1) is 0 Å². The molecule has 2 rings (SSSR count). The van der Waals surface area contributed by atoms with Gasteiger partial charge in [0.05, 0.1) is 0 Å². The lowest BCUT2D eigenvalue weighted by Crippen LogP contribution is -2.12. The van der Waals surface area contributed by atoms with Gasteiger partial charge in [-0.05, 0) is 12.8 Å². The van der Waals surface area contributed by atoms with E-state index in [-0.39, 0.29) is 0 Å². The Morgan fingerprint density at radius 3 is 2.27 bits per heavy atom. The molecule has 84 valence electrons. The van der Waals surface area contributed by atoms with Crippen molar-refractivity contribution >= 4 is 0 Å². The number of rotatable bonds is 1. The molecule has 0 amide bonds. The molecule has 1 aliphatic heterocycles. The summed E-state index contributed by atoms with van der Waals surface area (Å²) in [7, 11) is 0. The number of allylic oxidation sites excluding steroid dienone is 1. The molecule has 0 bridgehead atoms. The van der Waals surface area contributed by atoms with Crippen LogP contribution in [0.1, 0.15) is 51.4 Å². The van der Waals surface area contributed by atoms with Crippen molar-refractivity contribution in [1.29, 1.82) is 0 Å². The largest absolute Gasteiger partial charge is 0.466 e. The summed E-state index contributed by atoms with van der Waals surface area (Å²) < 4.78 is 5.57. The molecule has 1 aliphatic carbocycles. The second-order valence-corrected chi connectivity index (χ2v) is 4.53. The summed E-state index contributed by atoms with van der Waals surface area (Å²) in [6, 6.07) is 0. The summed E-state index contributed by atoms with van der Waals surface area (Å²) in [5.74, 6) is 1.78. The van der Waals surface area contributed by atoms with Crippen LogP contribution in [0, 0.1) is 5.92 Å². The number of ether oxygens (including phenoxy) is 1. The molecule has 2 nitrogen and oxygen atoms in total. The van der Waals surface area contributed by atoms with E-state index in [1.54, 1.807) is 6.26 Å². The molecule has 0 aromatic rings. The Balaban J connectivity index is 1.89. The summed E-state index contributed by atoms with van der Waals surface area (Å²) >= 11 is 0. The van der Waals surface area contributed by atoms with E-state index in [0.29, 0.717) is 5.92 Å². The zero-order valence-electron chi connectivity index (χ0n) is 9.37. The predicted octanol–water partition coefficient (Wildman–Crippen LogP) is 3.67. The minimum absolute atomic E-state index is 0.639. The maximum Gasteiger partial charge on any atom is 0.122 e. The van der Waals surface area contributed by atoms with Crippen LogP contribution in [0.2, 0.25) is 0 Å².